The minimum atomic E-state index is -0.0379. The summed E-state index contributed by atoms with van der Waals surface area (Å²) in [4.78, 5) is 4.33. The number of nitrogens with two attached hydrogens (primary N) is 1. The summed E-state index contributed by atoms with van der Waals surface area (Å²) < 4.78 is 0. The molecule has 0 aliphatic carbocycles. The van der Waals surface area contributed by atoms with Crippen molar-refractivity contribution >= 4 is 11.6 Å². The molecule has 4 N–H and O–H groups in total. The average Bonchev–Trinajstić information content (AvgIpc) is 2.57. The van der Waals surface area contributed by atoms with E-state index in [4.69, 9.17) is 5.73 Å². The minimum absolute atomic E-state index is 0.0379. The first kappa shape index (κ1) is 16.0. The molecule has 116 valence electrons. The Morgan fingerprint density at radius 1 is 1.14 bits per heavy atom. The molecule has 0 radical (unpaired) electrons. The van der Waals surface area contributed by atoms with E-state index in [9.17, 15) is 5.11 Å². The first-order valence-electron chi connectivity index (χ1n) is 7.54. The predicted molar refractivity (Wildman–Crippen MR) is 92.2 cm³/mol. The van der Waals surface area contributed by atoms with E-state index in [0.29, 0.717) is 12.5 Å². The summed E-state index contributed by atoms with van der Waals surface area (Å²) >= 11 is 0. The summed E-state index contributed by atoms with van der Waals surface area (Å²) in [7, 11) is 0. The normalized spacial score (nSPS) is 12.9. The Bertz CT molecular complexity index is 593. The highest BCUT2D eigenvalue weighted by Gasteiger charge is 2.09. The minimum Gasteiger partial charge on any atom is -0.396 e. The Morgan fingerprint density at radius 2 is 1.82 bits per heavy atom. The molecule has 0 saturated heterocycles. The van der Waals surface area contributed by atoms with Gasteiger partial charge in [-0.2, -0.15) is 0 Å². The number of hydrogen-bond acceptors (Lipinski definition) is 2. The van der Waals surface area contributed by atoms with Gasteiger partial charge in [-0.25, -0.2) is 0 Å². The molecular weight excluding hydrogens is 274 g/mol. The predicted octanol–water partition coefficient (Wildman–Crippen LogP) is 2.75. The van der Waals surface area contributed by atoms with Gasteiger partial charge in [0.05, 0.1) is 13.2 Å². The van der Waals surface area contributed by atoms with Crippen LogP contribution in [0.4, 0.5) is 5.69 Å². The van der Waals surface area contributed by atoms with Crippen LogP contribution in [0.2, 0.25) is 0 Å². The fraction of sp³-hybridized carbons (Fsp3) is 0.278. The topological polar surface area (TPSA) is 70.6 Å². The monoisotopic (exact) mass is 297 g/mol. The zero-order valence-electron chi connectivity index (χ0n) is 12.9. The third-order valence-electron chi connectivity index (χ3n) is 3.61. The van der Waals surface area contributed by atoms with E-state index < -0.39 is 0 Å². The third kappa shape index (κ3) is 4.60. The molecule has 2 aromatic carbocycles. The molecule has 0 aromatic heterocycles. The van der Waals surface area contributed by atoms with Crippen molar-refractivity contribution in [3.05, 3.63) is 65.7 Å². The molecule has 1 unspecified atom stereocenters. The first-order valence-corrected chi connectivity index (χ1v) is 7.54. The summed E-state index contributed by atoms with van der Waals surface area (Å²) in [5, 5.41) is 12.6. The second-order valence-electron chi connectivity index (χ2n) is 5.19. The highest BCUT2D eigenvalue weighted by atomic mass is 16.3. The van der Waals surface area contributed by atoms with Crippen LogP contribution in [0, 0.1) is 0 Å². The number of aryl methyl sites for hydroxylation is 1. The smallest absolute Gasteiger partial charge is 0.193 e. The lowest BCUT2D eigenvalue weighted by Crippen LogP contribution is -2.24. The van der Waals surface area contributed by atoms with E-state index in [2.05, 4.69) is 29.4 Å². The Morgan fingerprint density at radius 3 is 2.41 bits per heavy atom. The second-order valence-corrected chi connectivity index (χ2v) is 5.19. The molecule has 1 atom stereocenters. The lowest BCUT2D eigenvalue weighted by atomic mass is 10.0. The van der Waals surface area contributed by atoms with Gasteiger partial charge in [-0.15, -0.1) is 0 Å². The molecule has 4 nitrogen and oxygen atoms in total. The van der Waals surface area contributed by atoms with Crippen LogP contribution in [0.15, 0.2) is 59.6 Å². The maximum absolute atomic E-state index is 9.51. The molecule has 0 spiro atoms. The molecule has 22 heavy (non-hydrogen) atoms. The Balaban J connectivity index is 1.96. The van der Waals surface area contributed by atoms with E-state index >= 15 is 0 Å². The second kappa shape index (κ2) is 8.20. The van der Waals surface area contributed by atoms with Crippen LogP contribution >= 0.6 is 0 Å². The maximum atomic E-state index is 9.51. The molecule has 2 rings (SSSR count). The van der Waals surface area contributed by atoms with Crippen molar-refractivity contribution in [3.63, 3.8) is 0 Å². The summed E-state index contributed by atoms with van der Waals surface area (Å²) in [5.41, 5.74) is 9.18. The zero-order valence-corrected chi connectivity index (χ0v) is 12.9. The number of anilines is 1. The first-order chi connectivity index (χ1) is 10.7. The molecular formula is C18H23N3O. The quantitative estimate of drug-likeness (QED) is 0.567. The van der Waals surface area contributed by atoms with Crippen molar-refractivity contribution in [1.82, 2.24) is 0 Å². The van der Waals surface area contributed by atoms with Crippen molar-refractivity contribution in [3.8, 4) is 0 Å². The van der Waals surface area contributed by atoms with Crippen molar-refractivity contribution in [2.45, 2.75) is 19.3 Å². The molecule has 0 saturated carbocycles. The number of nitrogens with one attached hydrogen (secondary N) is 1. The Hall–Kier alpha value is -2.33. The van der Waals surface area contributed by atoms with Gasteiger partial charge in [0.2, 0.25) is 0 Å². The van der Waals surface area contributed by atoms with Crippen molar-refractivity contribution < 1.29 is 5.11 Å². The Labute approximate surface area is 131 Å². The number of benzene rings is 2. The highest BCUT2D eigenvalue weighted by molar-refractivity contribution is 5.92. The summed E-state index contributed by atoms with van der Waals surface area (Å²) in [6, 6.07) is 18.0. The largest absolute Gasteiger partial charge is 0.396 e. The maximum Gasteiger partial charge on any atom is 0.193 e. The number of guanidine groups is 1. The van der Waals surface area contributed by atoms with Gasteiger partial charge in [-0.05, 0) is 29.7 Å². The van der Waals surface area contributed by atoms with Crippen LogP contribution < -0.4 is 11.1 Å². The lowest BCUT2D eigenvalue weighted by Gasteiger charge is -2.13. The third-order valence-corrected chi connectivity index (χ3v) is 3.61. The molecule has 0 heterocycles. The van der Waals surface area contributed by atoms with Crippen LogP contribution in [0.25, 0.3) is 0 Å². The summed E-state index contributed by atoms with van der Waals surface area (Å²) in [6.45, 7) is 2.62. The average molecular weight is 297 g/mol. The van der Waals surface area contributed by atoms with Crippen molar-refractivity contribution in [2.75, 3.05) is 18.5 Å². The fourth-order valence-corrected chi connectivity index (χ4v) is 2.21. The van der Waals surface area contributed by atoms with E-state index in [1.54, 1.807) is 0 Å². The van der Waals surface area contributed by atoms with Gasteiger partial charge in [0.25, 0.3) is 0 Å². The molecule has 0 amide bonds. The van der Waals surface area contributed by atoms with Crippen molar-refractivity contribution in [2.24, 2.45) is 10.7 Å². The lowest BCUT2D eigenvalue weighted by molar-refractivity contribution is 0.268. The van der Waals surface area contributed by atoms with Gasteiger partial charge < -0.3 is 16.2 Å². The SMILES string of the molecule is CCc1ccc(NC(N)=NCC(CO)c2ccccc2)cc1. The molecule has 0 aliphatic rings. The highest BCUT2D eigenvalue weighted by Crippen LogP contribution is 2.15. The molecule has 4 heteroatoms. The van der Waals surface area contributed by atoms with Crippen LogP contribution in [0.5, 0.6) is 0 Å². The van der Waals surface area contributed by atoms with Crippen LogP contribution in [0.1, 0.15) is 24.0 Å². The zero-order chi connectivity index (χ0) is 15.8. The summed E-state index contributed by atoms with van der Waals surface area (Å²) in [5.74, 6) is 0.322. The number of aliphatic hydroxyl groups is 1. The number of aliphatic hydroxyl groups excluding tert-OH is 1. The number of rotatable bonds is 6. The number of nitrogens with zero attached hydrogens (tertiary/aromatic N) is 1. The van der Waals surface area contributed by atoms with E-state index in [1.165, 1.54) is 5.56 Å². The van der Waals surface area contributed by atoms with Gasteiger partial charge in [0.15, 0.2) is 5.96 Å². The molecule has 0 fully saturated rings. The van der Waals surface area contributed by atoms with E-state index in [-0.39, 0.29) is 12.5 Å². The molecule has 0 bridgehead atoms. The molecule has 0 aliphatic heterocycles. The van der Waals surface area contributed by atoms with E-state index in [1.807, 2.05) is 42.5 Å². The van der Waals surface area contributed by atoms with Crippen LogP contribution in [0.3, 0.4) is 0 Å². The molecule has 2 aromatic rings. The number of aliphatic imine (C=N–C) groups is 1. The fourth-order valence-electron chi connectivity index (χ4n) is 2.21. The standard InChI is InChI=1S/C18H23N3O/c1-2-14-8-10-17(11-9-14)21-18(19)20-12-16(13-22)15-6-4-3-5-7-15/h3-11,16,22H,2,12-13H2,1H3,(H3,19,20,21). The Kier molecular flexibility index (Phi) is 5.98. The van der Waals surface area contributed by atoms with Crippen LogP contribution in [-0.4, -0.2) is 24.2 Å². The van der Waals surface area contributed by atoms with Gasteiger partial charge in [0.1, 0.15) is 0 Å². The number of hydrogen-bond donors (Lipinski definition) is 3. The van der Waals surface area contributed by atoms with E-state index in [0.717, 1.165) is 17.7 Å². The van der Waals surface area contributed by atoms with Gasteiger partial charge >= 0.3 is 0 Å². The van der Waals surface area contributed by atoms with Gasteiger partial charge in [0, 0.05) is 11.6 Å². The van der Waals surface area contributed by atoms with Gasteiger partial charge in [-0.1, -0.05) is 49.4 Å². The van der Waals surface area contributed by atoms with Crippen molar-refractivity contribution in [1.29, 1.82) is 0 Å². The van der Waals surface area contributed by atoms with Gasteiger partial charge in [-0.3, -0.25) is 4.99 Å². The van der Waals surface area contributed by atoms with Crippen LogP contribution in [-0.2, 0) is 6.42 Å². The summed E-state index contributed by atoms with van der Waals surface area (Å²) in [6.07, 6.45) is 1.01.